The van der Waals surface area contributed by atoms with E-state index in [-0.39, 0.29) is 5.02 Å². The number of alkyl halides is 3. The van der Waals surface area contributed by atoms with Crippen molar-refractivity contribution in [3.8, 4) is 5.75 Å². The van der Waals surface area contributed by atoms with Crippen LogP contribution in [0.1, 0.15) is 0 Å². The molecule has 0 aliphatic rings. The summed E-state index contributed by atoms with van der Waals surface area (Å²) in [4.78, 5) is 0. The molecule has 0 amide bonds. The van der Waals surface area contributed by atoms with Gasteiger partial charge in [0.25, 0.3) is 0 Å². The van der Waals surface area contributed by atoms with E-state index in [0.717, 1.165) is 18.2 Å². The fourth-order valence-corrected chi connectivity index (χ4v) is 1.27. The van der Waals surface area contributed by atoms with E-state index in [1.54, 1.807) is 0 Å². The first-order chi connectivity index (χ1) is 6.72. The predicted molar refractivity (Wildman–Crippen MR) is 45.9 cm³/mol. The van der Waals surface area contributed by atoms with Crippen LogP contribution in [-0.4, -0.2) is 13.9 Å². The molecule has 0 unspecified atom stereocenters. The third-order valence-corrected chi connectivity index (χ3v) is 2.42. The summed E-state index contributed by atoms with van der Waals surface area (Å²) in [5.41, 5.74) is -5.46. The molecule has 0 bridgehead atoms. The van der Waals surface area contributed by atoms with Gasteiger partial charge in [-0.25, -0.2) is 0 Å². The fraction of sp³-hybridized carbons (Fsp3) is 0.143. The molecule has 0 aromatic heterocycles. The molecule has 0 aliphatic heterocycles. The molecule has 0 N–H and O–H groups in total. The van der Waals surface area contributed by atoms with Gasteiger partial charge in [-0.2, -0.15) is 21.6 Å². The average molecular weight is 260 g/mol. The van der Waals surface area contributed by atoms with Crippen molar-refractivity contribution >= 4 is 21.7 Å². The summed E-state index contributed by atoms with van der Waals surface area (Å²) in [5.74, 6) is -0.518. The van der Waals surface area contributed by atoms with E-state index in [1.165, 1.54) is 0 Å². The summed E-state index contributed by atoms with van der Waals surface area (Å²) in [5, 5.41) is -0.0510. The molecule has 15 heavy (non-hydrogen) atoms. The zero-order chi connectivity index (χ0) is 11.7. The second-order valence-electron chi connectivity index (χ2n) is 2.36. The predicted octanol–water partition coefficient (Wildman–Crippen LogP) is 2.37. The minimum Gasteiger partial charge on any atom is -0.376 e. The third kappa shape index (κ3) is 3.00. The first kappa shape index (κ1) is 12.1. The Balaban J connectivity index is 2.98. The van der Waals surface area contributed by atoms with E-state index in [1.807, 2.05) is 0 Å². The molecule has 0 saturated heterocycles. The number of hydrogen-bond acceptors (Lipinski definition) is 3. The van der Waals surface area contributed by atoms with Crippen molar-refractivity contribution < 1.29 is 25.8 Å². The highest BCUT2D eigenvalue weighted by Crippen LogP contribution is 2.27. The second kappa shape index (κ2) is 3.90. The monoisotopic (exact) mass is 259 g/mol. The molecular weight excluding hydrogens is 257 g/mol. The van der Waals surface area contributed by atoms with Crippen molar-refractivity contribution in [2.24, 2.45) is 0 Å². The Morgan fingerprint density at radius 3 is 2.47 bits per heavy atom. The molecule has 3 nitrogen and oxygen atoms in total. The molecule has 1 aromatic rings. The third-order valence-electron chi connectivity index (χ3n) is 1.23. The Morgan fingerprint density at radius 2 is 2.00 bits per heavy atom. The summed E-state index contributed by atoms with van der Waals surface area (Å²) in [6.45, 7) is 0. The summed E-state index contributed by atoms with van der Waals surface area (Å²) in [7, 11) is -5.64. The summed E-state index contributed by atoms with van der Waals surface area (Å²) < 4.78 is 60.5. The van der Waals surface area contributed by atoms with Gasteiger partial charge in [-0.1, -0.05) is 11.6 Å². The Bertz CT molecular complexity index is 455. The molecule has 0 aliphatic carbocycles. The number of halogens is 4. The van der Waals surface area contributed by atoms with Gasteiger partial charge in [0.15, 0.2) is 0 Å². The molecule has 0 fully saturated rings. The van der Waals surface area contributed by atoms with E-state index in [0.29, 0.717) is 0 Å². The van der Waals surface area contributed by atoms with E-state index >= 15 is 0 Å². The van der Waals surface area contributed by atoms with Gasteiger partial charge in [-0.05, 0) is 12.1 Å². The van der Waals surface area contributed by atoms with Crippen LogP contribution >= 0.6 is 11.6 Å². The van der Waals surface area contributed by atoms with Crippen LogP contribution in [0.4, 0.5) is 13.2 Å². The lowest BCUT2D eigenvalue weighted by Crippen LogP contribution is -2.28. The molecule has 0 atom stereocenters. The highest BCUT2D eigenvalue weighted by Gasteiger charge is 2.48. The molecule has 83 valence electrons. The van der Waals surface area contributed by atoms with E-state index in [9.17, 15) is 21.6 Å². The van der Waals surface area contributed by atoms with Crippen LogP contribution in [0.2, 0.25) is 5.02 Å². The Kier molecular flexibility index (Phi) is 3.15. The van der Waals surface area contributed by atoms with Crippen LogP contribution in [0.25, 0.3) is 0 Å². The maximum atomic E-state index is 11.9. The van der Waals surface area contributed by atoms with E-state index in [2.05, 4.69) is 10.2 Å². The SMILES string of the molecule is O=S(=O)(Oc1cc[c]c(Cl)c1)C(F)(F)F. The molecule has 0 heterocycles. The van der Waals surface area contributed by atoms with Crippen molar-refractivity contribution in [2.75, 3.05) is 0 Å². The van der Waals surface area contributed by atoms with Gasteiger partial charge in [0.1, 0.15) is 5.75 Å². The van der Waals surface area contributed by atoms with Crippen LogP contribution < -0.4 is 4.18 Å². The minimum absolute atomic E-state index is 0.0510. The molecular formula is C7H3ClF3O3S. The van der Waals surface area contributed by atoms with Gasteiger partial charge in [0.05, 0.1) is 5.02 Å². The van der Waals surface area contributed by atoms with Crippen LogP contribution in [0, 0.1) is 6.07 Å². The first-order valence-corrected chi connectivity index (χ1v) is 5.19. The summed E-state index contributed by atoms with van der Waals surface area (Å²) in [6, 6.07) is 5.45. The Hall–Kier alpha value is -0.950. The van der Waals surface area contributed by atoms with Gasteiger partial charge in [-0.3, -0.25) is 0 Å². The van der Waals surface area contributed by atoms with Crippen LogP contribution in [-0.2, 0) is 10.1 Å². The summed E-state index contributed by atoms with van der Waals surface area (Å²) >= 11 is 5.38. The van der Waals surface area contributed by atoms with Gasteiger partial charge in [0.2, 0.25) is 0 Å². The maximum absolute atomic E-state index is 11.9. The topological polar surface area (TPSA) is 43.4 Å². The van der Waals surface area contributed by atoms with Crippen LogP contribution in [0.3, 0.4) is 0 Å². The van der Waals surface area contributed by atoms with E-state index < -0.39 is 21.4 Å². The molecule has 0 saturated carbocycles. The molecule has 1 radical (unpaired) electrons. The Morgan fingerprint density at radius 1 is 1.40 bits per heavy atom. The highest BCUT2D eigenvalue weighted by molar-refractivity contribution is 7.87. The maximum Gasteiger partial charge on any atom is 0.534 e. The molecule has 1 rings (SSSR count). The van der Waals surface area contributed by atoms with Crippen LogP contribution in [0.5, 0.6) is 5.75 Å². The molecule has 8 heteroatoms. The average Bonchev–Trinajstić information content (AvgIpc) is 2.00. The van der Waals surface area contributed by atoms with Crippen molar-refractivity contribution in [2.45, 2.75) is 5.51 Å². The zero-order valence-corrected chi connectivity index (χ0v) is 8.45. The lowest BCUT2D eigenvalue weighted by molar-refractivity contribution is -0.0500. The lowest BCUT2D eigenvalue weighted by atomic mass is 10.3. The van der Waals surface area contributed by atoms with Crippen molar-refractivity contribution in [3.05, 3.63) is 29.3 Å². The van der Waals surface area contributed by atoms with Gasteiger partial charge >= 0.3 is 15.6 Å². The normalized spacial score (nSPS) is 12.5. The fourth-order valence-electron chi connectivity index (χ4n) is 0.644. The molecule has 1 aromatic carbocycles. The number of hydrogen-bond donors (Lipinski definition) is 0. The van der Waals surface area contributed by atoms with Crippen LogP contribution in [0.15, 0.2) is 18.2 Å². The number of rotatable bonds is 2. The molecule has 0 spiro atoms. The second-order valence-corrected chi connectivity index (χ2v) is 4.30. The first-order valence-electron chi connectivity index (χ1n) is 3.40. The lowest BCUT2D eigenvalue weighted by Gasteiger charge is -2.08. The summed E-state index contributed by atoms with van der Waals surface area (Å²) in [6.07, 6.45) is 0. The Labute approximate surface area is 88.5 Å². The van der Waals surface area contributed by atoms with Crippen molar-refractivity contribution in [1.82, 2.24) is 0 Å². The zero-order valence-electron chi connectivity index (χ0n) is 6.88. The van der Waals surface area contributed by atoms with E-state index in [4.69, 9.17) is 11.6 Å². The standard InChI is InChI=1S/C7H3ClF3O3S/c8-5-2-1-3-6(4-5)14-15(12,13)7(9,10)11/h1,3-4H. The minimum atomic E-state index is -5.64. The van der Waals surface area contributed by atoms with Gasteiger partial charge in [0, 0.05) is 12.1 Å². The van der Waals surface area contributed by atoms with Gasteiger partial charge in [-0.15, -0.1) is 0 Å². The van der Waals surface area contributed by atoms with Crippen molar-refractivity contribution in [1.29, 1.82) is 0 Å². The number of benzene rings is 1. The quantitative estimate of drug-likeness (QED) is 0.605. The smallest absolute Gasteiger partial charge is 0.376 e. The van der Waals surface area contributed by atoms with Crippen molar-refractivity contribution in [3.63, 3.8) is 0 Å². The highest BCUT2D eigenvalue weighted by atomic mass is 35.5. The largest absolute Gasteiger partial charge is 0.534 e. The van der Waals surface area contributed by atoms with Gasteiger partial charge < -0.3 is 4.18 Å².